The Hall–Kier alpha value is -2.77. The summed E-state index contributed by atoms with van der Waals surface area (Å²) in [6, 6.07) is 1.78. The van der Waals surface area contributed by atoms with Crippen molar-refractivity contribution in [3.63, 3.8) is 0 Å². The highest BCUT2D eigenvalue weighted by molar-refractivity contribution is 5.95. The van der Waals surface area contributed by atoms with Crippen molar-refractivity contribution >= 4 is 11.8 Å². The Morgan fingerprint density at radius 3 is 2.79 bits per heavy atom. The van der Waals surface area contributed by atoms with Gasteiger partial charge in [0.15, 0.2) is 0 Å². The van der Waals surface area contributed by atoms with Crippen molar-refractivity contribution in [1.29, 1.82) is 0 Å². The SMILES string of the molecule is Cc1cc(C(=O)N2CC[C@@H](C)C[C@H]2CNC(=O)CCn2ccnc2)c(F)cc1F. The number of hydrogen-bond donors (Lipinski definition) is 1. The van der Waals surface area contributed by atoms with Crippen LogP contribution in [-0.2, 0) is 11.3 Å². The predicted octanol–water partition coefficient (Wildman–Crippen LogP) is 2.92. The Kier molecular flexibility index (Phi) is 6.61. The number of rotatable bonds is 6. The Balaban J connectivity index is 1.64. The molecule has 2 heterocycles. The highest BCUT2D eigenvalue weighted by Crippen LogP contribution is 2.25. The minimum atomic E-state index is -0.861. The van der Waals surface area contributed by atoms with Gasteiger partial charge in [-0.1, -0.05) is 6.92 Å². The molecule has 1 saturated heterocycles. The Morgan fingerprint density at radius 2 is 2.07 bits per heavy atom. The van der Waals surface area contributed by atoms with Gasteiger partial charge < -0.3 is 14.8 Å². The molecule has 29 heavy (non-hydrogen) atoms. The van der Waals surface area contributed by atoms with Crippen LogP contribution in [0.25, 0.3) is 0 Å². The first-order chi connectivity index (χ1) is 13.8. The molecule has 156 valence electrons. The third-order valence-corrected chi connectivity index (χ3v) is 5.41. The van der Waals surface area contributed by atoms with Gasteiger partial charge in [-0.2, -0.15) is 0 Å². The number of aryl methyl sites for hydroxylation is 2. The summed E-state index contributed by atoms with van der Waals surface area (Å²) < 4.78 is 29.6. The highest BCUT2D eigenvalue weighted by Gasteiger charge is 2.32. The van der Waals surface area contributed by atoms with Crippen molar-refractivity contribution in [2.75, 3.05) is 13.1 Å². The number of halogens is 2. The van der Waals surface area contributed by atoms with Crippen LogP contribution >= 0.6 is 0 Å². The molecule has 1 N–H and O–H groups in total. The van der Waals surface area contributed by atoms with Gasteiger partial charge in [0.1, 0.15) is 11.6 Å². The van der Waals surface area contributed by atoms with E-state index in [0.29, 0.717) is 32.0 Å². The molecule has 1 aromatic carbocycles. The van der Waals surface area contributed by atoms with E-state index in [1.54, 1.807) is 23.6 Å². The summed E-state index contributed by atoms with van der Waals surface area (Å²) in [4.78, 5) is 30.7. The van der Waals surface area contributed by atoms with Crippen LogP contribution in [0, 0.1) is 24.5 Å². The van der Waals surface area contributed by atoms with E-state index in [1.807, 2.05) is 4.57 Å². The number of carbonyl (C=O) groups excluding carboxylic acids is 2. The van der Waals surface area contributed by atoms with E-state index in [1.165, 1.54) is 13.0 Å². The summed E-state index contributed by atoms with van der Waals surface area (Å²) in [7, 11) is 0. The number of nitrogens with one attached hydrogen (secondary N) is 1. The molecule has 0 radical (unpaired) electrons. The summed E-state index contributed by atoms with van der Waals surface area (Å²) in [6.45, 7) is 4.90. The van der Waals surface area contributed by atoms with Crippen LogP contribution in [0.15, 0.2) is 30.9 Å². The van der Waals surface area contributed by atoms with Crippen LogP contribution in [0.2, 0.25) is 0 Å². The monoisotopic (exact) mass is 404 g/mol. The van der Waals surface area contributed by atoms with Crippen molar-refractivity contribution in [2.45, 2.75) is 45.7 Å². The van der Waals surface area contributed by atoms with E-state index < -0.39 is 17.5 Å². The Morgan fingerprint density at radius 1 is 1.28 bits per heavy atom. The van der Waals surface area contributed by atoms with Crippen LogP contribution in [0.4, 0.5) is 8.78 Å². The fourth-order valence-corrected chi connectivity index (χ4v) is 3.66. The maximum atomic E-state index is 14.2. The number of aromatic nitrogens is 2. The van der Waals surface area contributed by atoms with Gasteiger partial charge in [-0.15, -0.1) is 0 Å². The van der Waals surface area contributed by atoms with Gasteiger partial charge in [0.05, 0.1) is 11.9 Å². The molecule has 2 aromatic rings. The topological polar surface area (TPSA) is 67.2 Å². The van der Waals surface area contributed by atoms with Gasteiger partial charge in [-0.3, -0.25) is 9.59 Å². The number of amides is 2. The van der Waals surface area contributed by atoms with E-state index in [4.69, 9.17) is 0 Å². The van der Waals surface area contributed by atoms with Crippen LogP contribution in [0.1, 0.15) is 42.1 Å². The third-order valence-electron chi connectivity index (χ3n) is 5.41. The lowest BCUT2D eigenvalue weighted by Gasteiger charge is -2.38. The van der Waals surface area contributed by atoms with Gasteiger partial charge >= 0.3 is 0 Å². The van der Waals surface area contributed by atoms with E-state index >= 15 is 0 Å². The number of hydrogen-bond acceptors (Lipinski definition) is 3. The molecule has 2 amide bonds. The molecule has 1 aliphatic rings. The van der Waals surface area contributed by atoms with E-state index in [9.17, 15) is 18.4 Å². The fourth-order valence-electron chi connectivity index (χ4n) is 3.66. The first-order valence-electron chi connectivity index (χ1n) is 9.84. The molecular formula is C21H26F2N4O2. The second kappa shape index (κ2) is 9.15. The minimum absolute atomic E-state index is 0.117. The van der Waals surface area contributed by atoms with Gasteiger partial charge in [0.25, 0.3) is 5.91 Å². The number of likely N-dealkylation sites (tertiary alicyclic amines) is 1. The molecule has 2 atom stereocenters. The molecular weight excluding hydrogens is 378 g/mol. The molecule has 0 bridgehead atoms. The van der Waals surface area contributed by atoms with Crippen molar-refractivity contribution in [3.8, 4) is 0 Å². The van der Waals surface area contributed by atoms with Gasteiger partial charge in [0.2, 0.25) is 5.91 Å². The van der Waals surface area contributed by atoms with Gasteiger partial charge in [-0.05, 0) is 37.3 Å². The number of piperidine rings is 1. The van der Waals surface area contributed by atoms with Crippen molar-refractivity contribution < 1.29 is 18.4 Å². The minimum Gasteiger partial charge on any atom is -0.354 e. The molecule has 8 heteroatoms. The number of nitrogens with zero attached hydrogens (tertiary/aromatic N) is 3. The molecule has 1 aliphatic heterocycles. The highest BCUT2D eigenvalue weighted by atomic mass is 19.1. The van der Waals surface area contributed by atoms with Crippen LogP contribution in [-0.4, -0.2) is 45.4 Å². The maximum Gasteiger partial charge on any atom is 0.257 e. The first-order valence-corrected chi connectivity index (χ1v) is 9.84. The lowest BCUT2D eigenvalue weighted by Crippen LogP contribution is -2.51. The Labute approximate surface area is 168 Å². The van der Waals surface area contributed by atoms with E-state index in [-0.39, 0.29) is 23.1 Å². The van der Waals surface area contributed by atoms with Gasteiger partial charge in [0, 0.05) is 50.6 Å². The number of carbonyl (C=O) groups is 2. The standard InChI is InChI=1S/C21H26F2N4O2/c1-14-3-7-27(21(29)17-10-15(2)18(22)11-19(17)23)16(9-14)12-25-20(28)4-6-26-8-5-24-13-26/h5,8,10-11,13-14,16H,3-4,6-7,9,12H2,1-2H3,(H,25,28)/t14-,16+/m1/s1. The molecule has 0 saturated carbocycles. The molecule has 3 rings (SSSR count). The second-order valence-electron chi connectivity index (χ2n) is 7.72. The van der Waals surface area contributed by atoms with Crippen LogP contribution < -0.4 is 5.32 Å². The lowest BCUT2D eigenvalue weighted by atomic mass is 9.91. The van der Waals surface area contributed by atoms with Gasteiger partial charge in [-0.25, -0.2) is 13.8 Å². The van der Waals surface area contributed by atoms with E-state index in [2.05, 4.69) is 17.2 Å². The number of imidazole rings is 1. The lowest BCUT2D eigenvalue weighted by molar-refractivity contribution is -0.121. The second-order valence-corrected chi connectivity index (χ2v) is 7.72. The maximum absolute atomic E-state index is 14.2. The van der Waals surface area contributed by atoms with Crippen molar-refractivity contribution in [2.24, 2.45) is 5.92 Å². The Bertz CT molecular complexity index is 870. The van der Waals surface area contributed by atoms with Crippen molar-refractivity contribution in [3.05, 3.63) is 53.6 Å². The smallest absolute Gasteiger partial charge is 0.257 e. The quantitative estimate of drug-likeness (QED) is 0.805. The predicted molar refractivity (Wildman–Crippen MR) is 104 cm³/mol. The van der Waals surface area contributed by atoms with Crippen LogP contribution in [0.3, 0.4) is 0 Å². The first kappa shape index (κ1) is 21.0. The zero-order valence-corrected chi connectivity index (χ0v) is 16.7. The summed E-state index contributed by atoms with van der Waals surface area (Å²) in [5.74, 6) is -1.72. The summed E-state index contributed by atoms with van der Waals surface area (Å²) in [5.41, 5.74) is 0.0966. The van der Waals surface area contributed by atoms with Crippen molar-refractivity contribution in [1.82, 2.24) is 19.8 Å². The number of benzene rings is 1. The summed E-state index contributed by atoms with van der Waals surface area (Å²) in [6.07, 6.45) is 6.92. The molecule has 0 spiro atoms. The largest absolute Gasteiger partial charge is 0.354 e. The third kappa shape index (κ3) is 5.19. The molecule has 0 aliphatic carbocycles. The molecule has 6 nitrogen and oxygen atoms in total. The summed E-state index contributed by atoms with van der Waals surface area (Å²) in [5, 5.41) is 2.89. The zero-order chi connectivity index (χ0) is 21.0. The van der Waals surface area contributed by atoms with E-state index in [0.717, 1.165) is 18.9 Å². The fraction of sp³-hybridized carbons (Fsp3) is 0.476. The zero-order valence-electron chi connectivity index (χ0n) is 16.7. The average Bonchev–Trinajstić information content (AvgIpc) is 3.21. The molecule has 1 aromatic heterocycles. The molecule has 1 fully saturated rings. The normalized spacial score (nSPS) is 19.2. The van der Waals surface area contributed by atoms with Crippen LogP contribution in [0.5, 0.6) is 0 Å². The molecule has 0 unspecified atom stereocenters. The average molecular weight is 404 g/mol. The summed E-state index contributed by atoms with van der Waals surface area (Å²) >= 11 is 0.